The molecule has 23 heavy (non-hydrogen) atoms. The van der Waals surface area contributed by atoms with Gasteiger partial charge in [-0.3, -0.25) is 4.79 Å². The van der Waals surface area contributed by atoms with Crippen molar-refractivity contribution in [1.82, 2.24) is 10.6 Å². The highest BCUT2D eigenvalue weighted by Crippen LogP contribution is 2.33. The van der Waals surface area contributed by atoms with Gasteiger partial charge < -0.3 is 25.0 Å². The number of hydrogen-bond donors (Lipinski definition) is 2. The van der Waals surface area contributed by atoms with E-state index in [0.29, 0.717) is 24.6 Å². The Bertz CT molecular complexity index is 576. The molecule has 2 rings (SSSR count). The fourth-order valence-electron chi connectivity index (χ4n) is 2.52. The Morgan fingerprint density at radius 1 is 1.30 bits per heavy atom. The third-order valence-corrected chi connectivity index (χ3v) is 3.67. The summed E-state index contributed by atoms with van der Waals surface area (Å²) in [6, 6.07) is 4.89. The summed E-state index contributed by atoms with van der Waals surface area (Å²) < 4.78 is 10.5. The molecule has 126 valence electrons. The van der Waals surface area contributed by atoms with Crippen molar-refractivity contribution in [3.8, 4) is 11.5 Å². The first-order chi connectivity index (χ1) is 11.1. The van der Waals surface area contributed by atoms with E-state index >= 15 is 0 Å². The van der Waals surface area contributed by atoms with Crippen molar-refractivity contribution in [2.45, 2.75) is 25.8 Å². The Hall–Kier alpha value is -2.44. The van der Waals surface area contributed by atoms with E-state index in [1.807, 2.05) is 6.92 Å². The minimum atomic E-state index is -0.237. The molecule has 1 aromatic rings. The Morgan fingerprint density at radius 2 is 2.04 bits per heavy atom. The predicted octanol–water partition coefficient (Wildman–Crippen LogP) is 1.52. The monoisotopic (exact) mass is 321 g/mol. The lowest BCUT2D eigenvalue weighted by atomic mass is 10.2. The molecule has 1 fully saturated rings. The maximum Gasteiger partial charge on any atom is 0.315 e. The van der Waals surface area contributed by atoms with Gasteiger partial charge in [0.15, 0.2) is 11.5 Å². The molecule has 0 saturated carbocycles. The van der Waals surface area contributed by atoms with Gasteiger partial charge in [0.05, 0.1) is 20.3 Å². The van der Waals surface area contributed by atoms with Gasteiger partial charge >= 0.3 is 6.03 Å². The molecule has 0 aliphatic carbocycles. The van der Waals surface area contributed by atoms with Crippen LogP contribution in [0.1, 0.15) is 19.8 Å². The van der Waals surface area contributed by atoms with E-state index in [-0.39, 0.29) is 24.4 Å². The van der Waals surface area contributed by atoms with Crippen LogP contribution >= 0.6 is 0 Å². The Labute approximate surface area is 135 Å². The number of ether oxygens (including phenoxy) is 2. The van der Waals surface area contributed by atoms with E-state index in [4.69, 9.17) is 9.47 Å². The van der Waals surface area contributed by atoms with Gasteiger partial charge in [0, 0.05) is 31.3 Å². The van der Waals surface area contributed by atoms with Crippen molar-refractivity contribution in [1.29, 1.82) is 0 Å². The zero-order valence-corrected chi connectivity index (χ0v) is 13.7. The quantitative estimate of drug-likeness (QED) is 0.832. The first kappa shape index (κ1) is 16.9. The van der Waals surface area contributed by atoms with Crippen molar-refractivity contribution >= 4 is 17.6 Å². The van der Waals surface area contributed by atoms with Crippen LogP contribution in [-0.2, 0) is 4.79 Å². The van der Waals surface area contributed by atoms with Crippen LogP contribution in [0.25, 0.3) is 0 Å². The molecular weight excluding hydrogens is 298 g/mol. The van der Waals surface area contributed by atoms with E-state index in [2.05, 4.69) is 10.6 Å². The van der Waals surface area contributed by atoms with Gasteiger partial charge in [0.25, 0.3) is 0 Å². The summed E-state index contributed by atoms with van der Waals surface area (Å²) in [6.07, 6.45) is 1.16. The smallest absolute Gasteiger partial charge is 0.315 e. The van der Waals surface area contributed by atoms with Crippen molar-refractivity contribution in [2.24, 2.45) is 0 Å². The Balaban J connectivity index is 2.04. The van der Waals surface area contributed by atoms with Crippen LogP contribution in [0.2, 0.25) is 0 Å². The number of benzene rings is 1. The van der Waals surface area contributed by atoms with Gasteiger partial charge in [-0.15, -0.1) is 0 Å². The molecule has 1 aliphatic heterocycles. The highest BCUT2D eigenvalue weighted by atomic mass is 16.5. The van der Waals surface area contributed by atoms with Gasteiger partial charge in [-0.05, 0) is 18.6 Å². The third kappa shape index (κ3) is 4.06. The molecular formula is C16H23N3O4. The number of methoxy groups -OCH3 is 2. The van der Waals surface area contributed by atoms with Crippen LogP contribution < -0.4 is 25.0 Å². The number of hydrogen-bond acceptors (Lipinski definition) is 4. The second-order valence-electron chi connectivity index (χ2n) is 5.34. The first-order valence-electron chi connectivity index (χ1n) is 7.65. The average Bonchev–Trinajstić information content (AvgIpc) is 2.92. The van der Waals surface area contributed by atoms with Crippen LogP contribution in [-0.4, -0.2) is 45.3 Å². The summed E-state index contributed by atoms with van der Waals surface area (Å²) in [5.41, 5.74) is 0.728. The highest BCUT2D eigenvalue weighted by Gasteiger charge is 2.32. The van der Waals surface area contributed by atoms with E-state index in [1.54, 1.807) is 37.3 Å². The second kappa shape index (κ2) is 7.71. The largest absolute Gasteiger partial charge is 0.493 e. The minimum Gasteiger partial charge on any atom is -0.493 e. The summed E-state index contributed by atoms with van der Waals surface area (Å²) in [6.45, 7) is 3.04. The number of rotatable bonds is 6. The van der Waals surface area contributed by atoms with Gasteiger partial charge in [-0.25, -0.2) is 4.79 Å². The van der Waals surface area contributed by atoms with Gasteiger partial charge in [0.1, 0.15) is 0 Å². The van der Waals surface area contributed by atoms with Crippen LogP contribution in [0.5, 0.6) is 11.5 Å². The zero-order chi connectivity index (χ0) is 16.8. The van der Waals surface area contributed by atoms with Crippen LogP contribution in [0.15, 0.2) is 18.2 Å². The fourth-order valence-corrected chi connectivity index (χ4v) is 2.52. The molecule has 1 heterocycles. The van der Waals surface area contributed by atoms with Crippen molar-refractivity contribution in [3.63, 3.8) is 0 Å². The van der Waals surface area contributed by atoms with E-state index < -0.39 is 0 Å². The first-order valence-corrected chi connectivity index (χ1v) is 7.65. The predicted molar refractivity (Wildman–Crippen MR) is 87.1 cm³/mol. The number of anilines is 1. The summed E-state index contributed by atoms with van der Waals surface area (Å²) in [5.74, 6) is 1.14. The Morgan fingerprint density at radius 3 is 2.70 bits per heavy atom. The molecule has 0 unspecified atom stereocenters. The molecule has 0 spiro atoms. The molecule has 1 saturated heterocycles. The normalized spacial score (nSPS) is 17.1. The lowest BCUT2D eigenvalue weighted by Gasteiger charge is -2.19. The van der Waals surface area contributed by atoms with Gasteiger partial charge in [-0.2, -0.15) is 0 Å². The standard InChI is InChI=1S/C16H23N3O4/c1-4-7-17-16(21)18-11-8-15(20)19(10-11)12-5-6-13(22-2)14(9-12)23-3/h5-6,9,11H,4,7-8,10H2,1-3H3,(H2,17,18,21)/t11-/m1/s1. The molecule has 0 aromatic heterocycles. The zero-order valence-electron chi connectivity index (χ0n) is 13.7. The molecule has 1 aromatic carbocycles. The minimum absolute atomic E-state index is 0.0296. The number of nitrogens with zero attached hydrogens (tertiary/aromatic N) is 1. The summed E-state index contributed by atoms with van der Waals surface area (Å²) >= 11 is 0. The SMILES string of the molecule is CCCNC(=O)N[C@@H]1CC(=O)N(c2ccc(OC)c(OC)c2)C1. The van der Waals surface area contributed by atoms with E-state index in [1.165, 1.54) is 0 Å². The Kier molecular flexibility index (Phi) is 5.67. The molecule has 3 amide bonds. The van der Waals surface area contributed by atoms with E-state index in [0.717, 1.165) is 12.1 Å². The van der Waals surface area contributed by atoms with Crippen molar-refractivity contribution in [3.05, 3.63) is 18.2 Å². The molecule has 0 bridgehead atoms. The maximum atomic E-state index is 12.2. The summed E-state index contributed by atoms with van der Waals surface area (Å²) in [4.78, 5) is 25.6. The van der Waals surface area contributed by atoms with Crippen LogP contribution in [0.3, 0.4) is 0 Å². The van der Waals surface area contributed by atoms with Crippen LogP contribution in [0.4, 0.5) is 10.5 Å². The lowest BCUT2D eigenvalue weighted by Crippen LogP contribution is -2.43. The fraction of sp³-hybridized carbons (Fsp3) is 0.500. The molecule has 7 heteroatoms. The number of carbonyl (C=O) groups is 2. The molecule has 0 radical (unpaired) electrons. The lowest BCUT2D eigenvalue weighted by molar-refractivity contribution is -0.117. The van der Waals surface area contributed by atoms with E-state index in [9.17, 15) is 9.59 Å². The van der Waals surface area contributed by atoms with Gasteiger partial charge in [-0.1, -0.05) is 6.92 Å². The molecule has 7 nitrogen and oxygen atoms in total. The topological polar surface area (TPSA) is 79.9 Å². The van der Waals surface area contributed by atoms with Gasteiger partial charge in [0.2, 0.25) is 5.91 Å². The van der Waals surface area contributed by atoms with Crippen molar-refractivity contribution < 1.29 is 19.1 Å². The summed E-state index contributed by atoms with van der Waals surface area (Å²) in [5, 5.41) is 5.57. The van der Waals surface area contributed by atoms with Crippen molar-refractivity contribution in [2.75, 3.05) is 32.2 Å². The average molecular weight is 321 g/mol. The number of amides is 3. The highest BCUT2D eigenvalue weighted by molar-refractivity contribution is 5.97. The molecule has 2 N–H and O–H groups in total. The third-order valence-electron chi connectivity index (χ3n) is 3.67. The molecule has 1 atom stereocenters. The molecule has 1 aliphatic rings. The number of urea groups is 1. The summed E-state index contributed by atoms with van der Waals surface area (Å²) in [7, 11) is 3.11. The number of carbonyl (C=O) groups excluding carboxylic acids is 2. The number of nitrogens with one attached hydrogen (secondary N) is 2. The van der Waals surface area contributed by atoms with Crippen LogP contribution in [0, 0.1) is 0 Å². The second-order valence-corrected chi connectivity index (χ2v) is 5.34. The maximum absolute atomic E-state index is 12.2.